The van der Waals surface area contributed by atoms with E-state index in [-0.39, 0.29) is 24.0 Å². The van der Waals surface area contributed by atoms with E-state index < -0.39 is 0 Å². The molecule has 2 bridgehead atoms. The van der Waals surface area contributed by atoms with Gasteiger partial charge in [-0.05, 0) is 38.3 Å². The van der Waals surface area contributed by atoms with Crippen molar-refractivity contribution in [1.82, 2.24) is 10.6 Å². The fourth-order valence-corrected chi connectivity index (χ4v) is 3.35. The molecule has 2 saturated heterocycles. The molecule has 2 fully saturated rings. The summed E-state index contributed by atoms with van der Waals surface area (Å²) >= 11 is 6.07. The van der Waals surface area contributed by atoms with Gasteiger partial charge in [-0.3, -0.25) is 0 Å². The number of benzene rings is 1. The van der Waals surface area contributed by atoms with Gasteiger partial charge in [-0.25, -0.2) is 4.99 Å². The fourth-order valence-electron chi connectivity index (χ4n) is 3.16. The molecular formula is C17H25ClIN3O2. The van der Waals surface area contributed by atoms with E-state index in [0.717, 1.165) is 25.3 Å². The molecule has 7 heteroatoms. The van der Waals surface area contributed by atoms with Crippen LogP contribution in [0.1, 0.15) is 26.2 Å². The number of nitrogens with one attached hydrogen (secondary N) is 2. The number of nitrogens with zero attached hydrogens (tertiary/aromatic N) is 1. The van der Waals surface area contributed by atoms with Crippen LogP contribution in [0.2, 0.25) is 5.02 Å². The summed E-state index contributed by atoms with van der Waals surface area (Å²) in [4.78, 5) is 4.58. The Morgan fingerprint density at radius 3 is 2.88 bits per heavy atom. The minimum absolute atomic E-state index is 0. The van der Waals surface area contributed by atoms with Gasteiger partial charge in [-0.15, -0.1) is 24.0 Å². The van der Waals surface area contributed by atoms with Gasteiger partial charge in [0.1, 0.15) is 12.4 Å². The van der Waals surface area contributed by atoms with E-state index in [1.807, 2.05) is 24.3 Å². The van der Waals surface area contributed by atoms with Crippen LogP contribution in [0.3, 0.4) is 0 Å². The standard InChI is InChI=1S/C17H24ClN3O2.HI/c1-2-19-17(21-14-11-12-7-8-16(14)23-12)20-9-10-22-15-6-4-3-5-13(15)18;/h3-6,12,14,16H,2,7-11H2,1H3,(H2,19,20,21);1H. The van der Waals surface area contributed by atoms with Crippen molar-refractivity contribution >= 4 is 41.5 Å². The topological polar surface area (TPSA) is 54.9 Å². The molecular weight excluding hydrogens is 441 g/mol. The van der Waals surface area contributed by atoms with E-state index in [4.69, 9.17) is 21.1 Å². The van der Waals surface area contributed by atoms with Crippen molar-refractivity contribution in [3.05, 3.63) is 29.3 Å². The first-order valence-electron chi connectivity index (χ1n) is 8.34. The number of hydrogen-bond donors (Lipinski definition) is 2. The summed E-state index contributed by atoms with van der Waals surface area (Å²) in [5.74, 6) is 1.53. The maximum atomic E-state index is 6.07. The van der Waals surface area contributed by atoms with Crippen LogP contribution in [0.4, 0.5) is 0 Å². The van der Waals surface area contributed by atoms with Crippen LogP contribution in [0.15, 0.2) is 29.3 Å². The summed E-state index contributed by atoms with van der Waals surface area (Å²) in [6.45, 7) is 3.96. The highest BCUT2D eigenvalue weighted by Crippen LogP contribution is 2.34. The van der Waals surface area contributed by atoms with Crippen LogP contribution >= 0.6 is 35.6 Å². The zero-order chi connectivity index (χ0) is 16.1. The van der Waals surface area contributed by atoms with Crippen LogP contribution in [-0.2, 0) is 4.74 Å². The lowest BCUT2D eigenvalue weighted by atomic mass is 9.96. The van der Waals surface area contributed by atoms with E-state index >= 15 is 0 Å². The van der Waals surface area contributed by atoms with Crippen molar-refractivity contribution in [2.45, 2.75) is 44.4 Å². The van der Waals surface area contributed by atoms with E-state index in [1.165, 1.54) is 6.42 Å². The number of halogens is 2. The van der Waals surface area contributed by atoms with E-state index in [2.05, 4.69) is 22.5 Å². The SMILES string of the molecule is CCNC(=NCCOc1ccccc1Cl)NC1CC2CCC1O2.I. The van der Waals surface area contributed by atoms with Crippen molar-refractivity contribution < 1.29 is 9.47 Å². The van der Waals surface area contributed by atoms with Crippen molar-refractivity contribution in [1.29, 1.82) is 0 Å². The molecule has 3 unspecified atom stereocenters. The van der Waals surface area contributed by atoms with Gasteiger partial charge in [-0.1, -0.05) is 23.7 Å². The monoisotopic (exact) mass is 465 g/mol. The zero-order valence-electron chi connectivity index (χ0n) is 13.8. The zero-order valence-corrected chi connectivity index (χ0v) is 16.9. The van der Waals surface area contributed by atoms with Crippen molar-refractivity contribution in [3.63, 3.8) is 0 Å². The van der Waals surface area contributed by atoms with Gasteiger partial charge in [0.25, 0.3) is 0 Å². The Balaban J connectivity index is 0.00000208. The summed E-state index contributed by atoms with van der Waals surface area (Å²) in [5, 5.41) is 7.40. The number of hydrogen-bond acceptors (Lipinski definition) is 3. The van der Waals surface area contributed by atoms with Crippen LogP contribution in [-0.4, -0.2) is 43.9 Å². The number of para-hydroxylation sites is 1. The summed E-state index contributed by atoms with van der Waals surface area (Å²) in [6, 6.07) is 7.85. The van der Waals surface area contributed by atoms with Gasteiger partial charge in [0, 0.05) is 6.54 Å². The molecule has 0 spiro atoms. The summed E-state index contributed by atoms with van der Waals surface area (Å²) in [7, 11) is 0. The third kappa shape index (κ3) is 5.13. The third-order valence-corrected chi connectivity index (χ3v) is 4.54. The molecule has 2 N–H and O–H groups in total. The van der Waals surface area contributed by atoms with Crippen LogP contribution in [0, 0.1) is 0 Å². The Bertz CT molecular complexity index is 558. The Labute approximate surface area is 165 Å². The van der Waals surface area contributed by atoms with Crippen molar-refractivity contribution in [2.75, 3.05) is 19.7 Å². The average Bonchev–Trinajstić information content (AvgIpc) is 3.16. The molecule has 0 saturated carbocycles. The van der Waals surface area contributed by atoms with Crippen LogP contribution in [0.5, 0.6) is 5.75 Å². The summed E-state index contributed by atoms with van der Waals surface area (Å²) in [6.07, 6.45) is 4.19. The molecule has 1 aromatic rings. The van der Waals surface area contributed by atoms with Gasteiger partial charge >= 0.3 is 0 Å². The highest BCUT2D eigenvalue weighted by Gasteiger charge is 2.41. The minimum Gasteiger partial charge on any atom is -0.490 e. The first kappa shape index (κ1) is 19.6. The molecule has 3 atom stereocenters. The van der Waals surface area contributed by atoms with Gasteiger partial charge in [0.15, 0.2) is 5.96 Å². The molecule has 134 valence electrons. The largest absolute Gasteiger partial charge is 0.490 e. The lowest BCUT2D eigenvalue weighted by Gasteiger charge is -2.22. The lowest BCUT2D eigenvalue weighted by molar-refractivity contribution is 0.0992. The molecule has 1 aromatic carbocycles. The highest BCUT2D eigenvalue weighted by molar-refractivity contribution is 14.0. The Morgan fingerprint density at radius 2 is 2.21 bits per heavy atom. The Hall–Kier alpha value is -0.730. The molecule has 0 aliphatic carbocycles. The second-order valence-corrected chi connectivity index (χ2v) is 6.31. The summed E-state index contributed by atoms with van der Waals surface area (Å²) < 4.78 is 11.5. The first-order valence-corrected chi connectivity index (χ1v) is 8.71. The highest BCUT2D eigenvalue weighted by atomic mass is 127. The predicted molar refractivity (Wildman–Crippen MR) is 108 cm³/mol. The van der Waals surface area contributed by atoms with Crippen molar-refractivity contribution in [3.8, 4) is 5.75 Å². The fraction of sp³-hybridized carbons (Fsp3) is 0.588. The normalized spacial score (nSPS) is 25.2. The van der Waals surface area contributed by atoms with Gasteiger partial charge in [0.05, 0.1) is 29.8 Å². The van der Waals surface area contributed by atoms with E-state index in [1.54, 1.807) is 0 Å². The summed E-state index contributed by atoms with van der Waals surface area (Å²) in [5.41, 5.74) is 0. The number of ether oxygens (including phenoxy) is 2. The van der Waals surface area contributed by atoms with Crippen molar-refractivity contribution in [2.24, 2.45) is 4.99 Å². The van der Waals surface area contributed by atoms with Crippen LogP contribution in [0.25, 0.3) is 0 Å². The smallest absolute Gasteiger partial charge is 0.191 e. The predicted octanol–water partition coefficient (Wildman–Crippen LogP) is 3.21. The van der Waals surface area contributed by atoms with E-state index in [0.29, 0.717) is 42.2 Å². The molecule has 5 nitrogen and oxygen atoms in total. The lowest BCUT2D eigenvalue weighted by Crippen LogP contribution is -2.47. The number of aliphatic imine (C=N–C) groups is 1. The Kier molecular flexibility index (Phi) is 7.90. The Morgan fingerprint density at radius 1 is 1.38 bits per heavy atom. The first-order chi connectivity index (χ1) is 11.3. The molecule has 0 amide bonds. The maximum Gasteiger partial charge on any atom is 0.191 e. The maximum absolute atomic E-state index is 6.07. The number of guanidine groups is 1. The molecule has 2 aliphatic heterocycles. The molecule has 3 rings (SSSR count). The van der Waals surface area contributed by atoms with E-state index in [9.17, 15) is 0 Å². The third-order valence-electron chi connectivity index (χ3n) is 4.23. The van der Waals surface area contributed by atoms with Gasteiger partial charge in [0.2, 0.25) is 0 Å². The molecule has 2 aliphatic rings. The molecule has 24 heavy (non-hydrogen) atoms. The second-order valence-electron chi connectivity index (χ2n) is 5.90. The molecule has 0 aromatic heterocycles. The minimum atomic E-state index is 0. The number of fused-ring (bicyclic) bond motifs is 2. The van der Waals surface area contributed by atoms with Crippen LogP contribution < -0.4 is 15.4 Å². The second kappa shape index (κ2) is 9.68. The average molecular weight is 466 g/mol. The van der Waals surface area contributed by atoms with Gasteiger partial charge in [-0.2, -0.15) is 0 Å². The quantitative estimate of drug-likeness (QED) is 0.293. The molecule has 2 heterocycles. The number of rotatable bonds is 6. The molecule has 0 radical (unpaired) electrons. The van der Waals surface area contributed by atoms with Gasteiger partial charge < -0.3 is 20.1 Å².